The average Bonchev–Trinajstić information content (AvgIpc) is 3.03. The molecule has 1 aliphatic carbocycles. The first-order valence-electron chi connectivity index (χ1n) is 5.40. The molecule has 82 valence electrons. The van der Waals surface area contributed by atoms with E-state index in [0.29, 0.717) is 5.92 Å². The van der Waals surface area contributed by atoms with Gasteiger partial charge in [-0.05, 0) is 30.4 Å². The van der Waals surface area contributed by atoms with Gasteiger partial charge in [-0.2, -0.15) is 0 Å². The number of nitro groups is 1. The minimum atomic E-state index is -0.307. The third-order valence-electron chi connectivity index (χ3n) is 3.21. The predicted molar refractivity (Wildman–Crippen MR) is 61.5 cm³/mol. The highest BCUT2D eigenvalue weighted by atomic mass is 16.6. The van der Waals surface area contributed by atoms with Crippen LogP contribution in [0.2, 0.25) is 0 Å². The van der Waals surface area contributed by atoms with Crippen molar-refractivity contribution >= 4 is 16.6 Å². The Morgan fingerprint density at radius 1 is 1.44 bits per heavy atom. The lowest BCUT2D eigenvalue weighted by Crippen LogP contribution is -1.94. The van der Waals surface area contributed by atoms with Gasteiger partial charge in [-0.25, -0.2) is 0 Å². The molecule has 4 nitrogen and oxygen atoms in total. The van der Waals surface area contributed by atoms with E-state index in [1.807, 2.05) is 23.9 Å². The normalized spacial score (nSPS) is 15.6. The molecule has 1 aliphatic rings. The second-order valence-corrected chi connectivity index (χ2v) is 4.43. The van der Waals surface area contributed by atoms with Crippen LogP contribution in [0.25, 0.3) is 10.9 Å². The van der Waals surface area contributed by atoms with Crippen LogP contribution in [0.4, 0.5) is 5.69 Å². The Morgan fingerprint density at radius 3 is 2.81 bits per heavy atom. The van der Waals surface area contributed by atoms with Crippen LogP contribution in [0.5, 0.6) is 0 Å². The Balaban J connectivity index is 2.32. The Hall–Kier alpha value is -1.84. The summed E-state index contributed by atoms with van der Waals surface area (Å²) in [5, 5.41) is 11.8. The highest BCUT2D eigenvalue weighted by Crippen LogP contribution is 2.44. The van der Waals surface area contributed by atoms with E-state index in [0.717, 1.165) is 29.3 Å². The molecule has 1 heterocycles. The minimum Gasteiger partial charge on any atom is -0.350 e. The molecular formula is C12H12N2O2. The molecule has 1 fully saturated rings. The molecule has 16 heavy (non-hydrogen) atoms. The van der Waals surface area contributed by atoms with Gasteiger partial charge >= 0.3 is 0 Å². The summed E-state index contributed by atoms with van der Waals surface area (Å²) >= 11 is 0. The van der Waals surface area contributed by atoms with Gasteiger partial charge in [0.15, 0.2) is 0 Å². The zero-order valence-electron chi connectivity index (χ0n) is 9.01. The fourth-order valence-electron chi connectivity index (χ4n) is 2.28. The van der Waals surface area contributed by atoms with E-state index in [9.17, 15) is 10.1 Å². The van der Waals surface area contributed by atoms with Gasteiger partial charge in [0, 0.05) is 30.8 Å². The lowest BCUT2D eigenvalue weighted by molar-refractivity contribution is -0.384. The van der Waals surface area contributed by atoms with Crippen molar-refractivity contribution in [1.82, 2.24) is 4.57 Å². The Morgan fingerprint density at radius 2 is 2.19 bits per heavy atom. The standard InChI is InChI=1S/C12H12N2O2/c1-13-5-4-9-6-10(14(15)16)7-11(12(9)13)8-2-3-8/h4-8H,2-3H2,1H3. The highest BCUT2D eigenvalue weighted by Gasteiger charge is 2.28. The summed E-state index contributed by atoms with van der Waals surface area (Å²) in [7, 11) is 1.99. The van der Waals surface area contributed by atoms with E-state index < -0.39 is 0 Å². The molecule has 0 amide bonds. The lowest BCUT2D eigenvalue weighted by atomic mass is 10.1. The summed E-state index contributed by atoms with van der Waals surface area (Å²) in [6.45, 7) is 0. The maximum atomic E-state index is 10.8. The lowest BCUT2D eigenvalue weighted by Gasteiger charge is -2.04. The van der Waals surface area contributed by atoms with Crippen LogP contribution in [0.3, 0.4) is 0 Å². The molecule has 4 heteroatoms. The molecule has 0 radical (unpaired) electrons. The van der Waals surface area contributed by atoms with E-state index in [4.69, 9.17) is 0 Å². The zero-order valence-corrected chi connectivity index (χ0v) is 9.01. The highest BCUT2D eigenvalue weighted by molar-refractivity contribution is 5.86. The van der Waals surface area contributed by atoms with Gasteiger partial charge in [0.1, 0.15) is 0 Å². The van der Waals surface area contributed by atoms with Gasteiger partial charge in [0.25, 0.3) is 5.69 Å². The third-order valence-corrected chi connectivity index (χ3v) is 3.21. The maximum absolute atomic E-state index is 10.8. The SMILES string of the molecule is Cn1ccc2cc([N+](=O)[O-])cc(C3CC3)c21. The second-order valence-electron chi connectivity index (χ2n) is 4.43. The number of hydrogen-bond acceptors (Lipinski definition) is 2. The van der Waals surface area contributed by atoms with Gasteiger partial charge in [0.05, 0.1) is 10.4 Å². The molecular weight excluding hydrogens is 204 g/mol. The van der Waals surface area contributed by atoms with E-state index in [-0.39, 0.29) is 10.6 Å². The van der Waals surface area contributed by atoms with Crippen LogP contribution in [-0.4, -0.2) is 9.49 Å². The van der Waals surface area contributed by atoms with Gasteiger partial charge in [-0.1, -0.05) is 0 Å². The van der Waals surface area contributed by atoms with Crippen LogP contribution < -0.4 is 0 Å². The predicted octanol–water partition coefficient (Wildman–Crippen LogP) is 2.96. The average molecular weight is 216 g/mol. The van der Waals surface area contributed by atoms with Gasteiger partial charge < -0.3 is 4.57 Å². The number of rotatable bonds is 2. The van der Waals surface area contributed by atoms with Crippen molar-refractivity contribution in [3.8, 4) is 0 Å². The molecule has 0 N–H and O–H groups in total. The Labute approximate surface area is 92.6 Å². The first-order valence-corrected chi connectivity index (χ1v) is 5.40. The van der Waals surface area contributed by atoms with E-state index in [1.54, 1.807) is 12.1 Å². The van der Waals surface area contributed by atoms with Crippen molar-refractivity contribution in [2.24, 2.45) is 7.05 Å². The largest absolute Gasteiger partial charge is 0.350 e. The van der Waals surface area contributed by atoms with Gasteiger partial charge in [-0.3, -0.25) is 10.1 Å². The van der Waals surface area contributed by atoms with Crippen molar-refractivity contribution in [2.45, 2.75) is 18.8 Å². The van der Waals surface area contributed by atoms with Gasteiger partial charge in [0.2, 0.25) is 0 Å². The van der Waals surface area contributed by atoms with Crippen molar-refractivity contribution in [1.29, 1.82) is 0 Å². The number of fused-ring (bicyclic) bond motifs is 1. The molecule has 1 aromatic heterocycles. The first-order chi connectivity index (χ1) is 7.66. The topological polar surface area (TPSA) is 48.1 Å². The molecule has 2 aromatic rings. The molecule has 1 saturated carbocycles. The molecule has 1 aromatic carbocycles. The first kappa shape index (κ1) is 9.39. The molecule has 0 bridgehead atoms. The monoisotopic (exact) mass is 216 g/mol. The molecule has 3 rings (SSSR count). The number of aromatic nitrogens is 1. The van der Waals surface area contributed by atoms with Crippen molar-refractivity contribution in [3.63, 3.8) is 0 Å². The fourth-order valence-corrected chi connectivity index (χ4v) is 2.28. The molecule has 0 aliphatic heterocycles. The maximum Gasteiger partial charge on any atom is 0.270 e. The van der Waals surface area contributed by atoms with Crippen LogP contribution >= 0.6 is 0 Å². The van der Waals surface area contributed by atoms with Crippen LogP contribution in [0.1, 0.15) is 24.3 Å². The fraction of sp³-hybridized carbons (Fsp3) is 0.333. The number of hydrogen-bond donors (Lipinski definition) is 0. The van der Waals surface area contributed by atoms with Crippen molar-refractivity contribution < 1.29 is 4.92 Å². The van der Waals surface area contributed by atoms with E-state index in [1.165, 1.54) is 0 Å². The molecule has 0 spiro atoms. The van der Waals surface area contributed by atoms with Crippen molar-refractivity contribution in [3.05, 3.63) is 40.1 Å². The number of nitro benzene ring substituents is 1. The summed E-state index contributed by atoms with van der Waals surface area (Å²) in [4.78, 5) is 10.5. The van der Waals surface area contributed by atoms with Crippen LogP contribution in [0, 0.1) is 10.1 Å². The third kappa shape index (κ3) is 1.30. The smallest absolute Gasteiger partial charge is 0.270 e. The quantitative estimate of drug-likeness (QED) is 0.572. The van der Waals surface area contributed by atoms with Crippen LogP contribution in [0.15, 0.2) is 24.4 Å². The summed E-state index contributed by atoms with van der Waals surface area (Å²) in [6, 6.07) is 5.33. The molecule has 0 unspecified atom stereocenters. The van der Waals surface area contributed by atoms with Crippen LogP contribution in [-0.2, 0) is 7.05 Å². The number of non-ortho nitro benzene ring substituents is 1. The number of benzene rings is 1. The van der Waals surface area contributed by atoms with E-state index >= 15 is 0 Å². The number of nitrogens with zero attached hydrogens (tertiary/aromatic N) is 2. The summed E-state index contributed by atoms with van der Waals surface area (Å²) in [6.07, 6.45) is 4.27. The summed E-state index contributed by atoms with van der Waals surface area (Å²) < 4.78 is 2.05. The van der Waals surface area contributed by atoms with Crippen molar-refractivity contribution in [2.75, 3.05) is 0 Å². The summed E-state index contributed by atoms with van der Waals surface area (Å²) in [5.74, 6) is 0.524. The zero-order chi connectivity index (χ0) is 11.3. The molecule has 0 saturated heterocycles. The summed E-state index contributed by atoms with van der Waals surface area (Å²) in [5.41, 5.74) is 2.49. The molecule has 0 atom stereocenters. The number of aryl methyl sites for hydroxylation is 1. The Kier molecular flexibility index (Phi) is 1.80. The van der Waals surface area contributed by atoms with E-state index in [2.05, 4.69) is 0 Å². The second kappa shape index (κ2) is 3.07. The van der Waals surface area contributed by atoms with Gasteiger partial charge in [-0.15, -0.1) is 0 Å². The Bertz CT molecular complexity index is 582. The minimum absolute atomic E-state index is 0.209.